The van der Waals surface area contributed by atoms with Crippen molar-refractivity contribution in [3.8, 4) is 0 Å². The lowest BCUT2D eigenvalue weighted by Crippen LogP contribution is -2.35. The number of rotatable bonds is 6. The molecule has 0 saturated carbocycles. The number of hydrogen-bond acceptors (Lipinski definition) is 6. The summed E-state index contributed by atoms with van der Waals surface area (Å²) in [6.07, 6.45) is 6.30. The largest absolute Gasteiger partial charge is 0.384 e. The molecule has 2 aliphatic rings. The maximum Gasteiger partial charge on any atom is 0.205 e. The molecule has 0 spiro atoms. The molecule has 0 aromatic carbocycles. The first-order valence-electron chi connectivity index (χ1n) is 8.14. The predicted molar refractivity (Wildman–Crippen MR) is 86.1 cm³/mol. The Morgan fingerprint density at radius 3 is 2.90 bits per heavy atom. The van der Waals surface area contributed by atoms with Crippen LogP contribution < -0.4 is 4.90 Å². The molecule has 0 bridgehead atoms. The fraction of sp³-hybridized carbons (Fsp3) is 0.867. The van der Waals surface area contributed by atoms with Gasteiger partial charge in [-0.1, -0.05) is 6.42 Å². The number of anilines is 1. The van der Waals surface area contributed by atoms with Gasteiger partial charge >= 0.3 is 0 Å². The molecule has 2 fully saturated rings. The summed E-state index contributed by atoms with van der Waals surface area (Å²) >= 11 is 1.54. The Kier molecular flexibility index (Phi) is 5.43. The molecule has 6 heteroatoms. The first-order chi connectivity index (χ1) is 10.3. The fourth-order valence-corrected chi connectivity index (χ4v) is 4.08. The maximum atomic E-state index is 5.09. The van der Waals surface area contributed by atoms with Crippen molar-refractivity contribution in [1.29, 1.82) is 0 Å². The first kappa shape index (κ1) is 15.2. The third-order valence-electron chi connectivity index (χ3n) is 4.51. The fourth-order valence-electron chi connectivity index (χ4n) is 3.33. The van der Waals surface area contributed by atoms with Gasteiger partial charge in [-0.15, -0.1) is 0 Å². The molecule has 0 aliphatic carbocycles. The van der Waals surface area contributed by atoms with Crippen LogP contribution in [0.4, 0.5) is 5.13 Å². The van der Waals surface area contributed by atoms with Crippen molar-refractivity contribution < 1.29 is 4.74 Å². The van der Waals surface area contributed by atoms with Crippen molar-refractivity contribution in [2.45, 2.75) is 32.1 Å². The van der Waals surface area contributed by atoms with Gasteiger partial charge in [-0.05, 0) is 38.3 Å². The van der Waals surface area contributed by atoms with E-state index < -0.39 is 0 Å². The average molecular weight is 310 g/mol. The summed E-state index contributed by atoms with van der Waals surface area (Å²) in [7, 11) is 1.72. The summed E-state index contributed by atoms with van der Waals surface area (Å²) in [6.45, 7) is 6.86. The summed E-state index contributed by atoms with van der Waals surface area (Å²) in [4.78, 5) is 9.72. The lowest BCUT2D eigenvalue weighted by molar-refractivity contribution is 0.200. The molecule has 5 nitrogen and oxygen atoms in total. The standard InChI is InChI=1S/C15H26N4OS/c1-20-10-6-14-16-15(21-17-14)19-9-5-13(12-19)11-18-7-3-2-4-8-18/h13H,2-12H2,1H3. The van der Waals surface area contributed by atoms with Crippen LogP contribution in [0.5, 0.6) is 0 Å². The van der Waals surface area contributed by atoms with E-state index in [1.807, 2.05) is 0 Å². The van der Waals surface area contributed by atoms with Crippen LogP contribution in [0.25, 0.3) is 0 Å². The number of piperidine rings is 1. The van der Waals surface area contributed by atoms with E-state index in [4.69, 9.17) is 4.74 Å². The molecule has 0 radical (unpaired) electrons. The van der Waals surface area contributed by atoms with Crippen LogP contribution in [-0.4, -0.2) is 60.7 Å². The van der Waals surface area contributed by atoms with Gasteiger partial charge in [-0.2, -0.15) is 4.37 Å². The van der Waals surface area contributed by atoms with E-state index in [-0.39, 0.29) is 0 Å². The molecule has 1 aromatic heterocycles. The van der Waals surface area contributed by atoms with Gasteiger partial charge in [0.15, 0.2) is 0 Å². The zero-order valence-corrected chi connectivity index (χ0v) is 13.8. The lowest BCUT2D eigenvalue weighted by Gasteiger charge is -2.28. The van der Waals surface area contributed by atoms with Crippen molar-refractivity contribution in [2.24, 2.45) is 5.92 Å². The minimum atomic E-state index is 0.702. The van der Waals surface area contributed by atoms with Crippen molar-refractivity contribution in [3.63, 3.8) is 0 Å². The van der Waals surface area contributed by atoms with Gasteiger partial charge in [0.1, 0.15) is 5.82 Å². The normalized spacial score (nSPS) is 23.9. The number of nitrogens with zero attached hydrogens (tertiary/aromatic N) is 4. The van der Waals surface area contributed by atoms with Crippen LogP contribution in [-0.2, 0) is 11.2 Å². The number of aromatic nitrogens is 2. The highest BCUT2D eigenvalue weighted by Crippen LogP contribution is 2.26. The molecule has 0 amide bonds. The van der Waals surface area contributed by atoms with E-state index in [1.54, 1.807) is 18.6 Å². The Balaban J connectivity index is 1.48. The van der Waals surface area contributed by atoms with E-state index in [0.717, 1.165) is 36.4 Å². The van der Waals surface area contributed by atoms with Crippen LogP contribution in [0.2, 0.25) is 0 Å². The highest BCUT2D eigenvalue weighted by Gasteiger charge is 2.27. The van der Waals surface area contributed by atoms with Crippen molar-refractivity contribution in [2.75, 3.05) is 51.3 Å². The molecule has 0 N–H and O–H groups in total. The molecule has 1 atom stereocenters. The van der Waals surface area contributed by atoms with Gasteiger partial charge in [0.2, 0.25) is 5.13 Å². The summed E-state index contributed by atoms with van der Waals surface area (Å²) < 4.78 is 9.53. The average Bonchev–Trinajstić information content (AvgIpc) is 3.15. The molecular weight excluding hydrogens is 284 g/mol. The van der Waals surface area contributed by atoms with E-state index >= 15 is 0 Å². The molecule has 3 rings (SSSR count). The summed E-state index contributed by atoms with van der Waals surface area (Å²) in [5, 5.41) is 1.10. The maximum absolute atomic E-state index is 5.09. The molecule has 1 unspecified atom stereocenters. The Hall–Kier alpha value is -0.720. The monoisotopic (exact) mass is 310 g/mol. The minimum Gasteiger partial charge on any atom is -0.384 e. The van der Waals surface area contributed by atoms with Gasteiger partial charge in [0, 0.05) is 44.7 Å². The second-order valence-electron chi connectivity index (χ2n) is 6.20. The third-order valence-corrected chi connectivity index (χ3v) is 5.32. The summed E-state index contributed by atoms with van der Waals surface area (Å²) in [6, 6.07) is 0. The molecule has 1 aromatic rings. The predicted octanol–water partition coefficient (Wildman–Crippen LogP) is 2.04. The second kappa shape index (κ2) is 7.51. The van der Waals surface area contributed by atoms with Gasteiger partial charge in [-0.3, -0.25) is 0 Å². The molecule has 3 heterocycles. The van der Waals surface area contributed by atoms with E-state index in [9.17, 15) is 0 Å². The Bertz CT molecular complexity index is 433. The molecule has 21 heavy (non-hydrogen) atoms. The molecule has 2 saturated heterocycles. The quantitative estimate of drug-likeness (QED) is 0.804. The van der Waals surface area contributed by atoms with Crippen molar-refractivity contribution in [3.05, 3.63) is 5.82 Å². The smallest absolute Gasteiger partial charge is 0.205 e. The van der Waals surface area contributed by atoms with Crippen LogP contribution in [0.3, 0.4) is 0 Å². The third kappa shape index (κ3) is 4.14. The summed E-state index contributed by atoms with van der Waals surface area (Å²) in [5.41, 5.74) is 0. The number of hydrogen-bond donors (Lipinski definition) is 0. The van der Waals surface area contributed by atoms with E-state index in [0.29, 0.717) is 6.61 Å². The van der Waals surface area contributed by atoms with Gasteiger partial charge < -0.3 is 14.5 Å². The van der Waals surface area contributed by atoms with Crippen LogP contribution >= 0.6 is 11.5 Å². The highest BCUT2D eigenvalue weighted by molar-refractivity contribution is 7.09. The molecular formula is C15H26N4OS. The van der Waals surface area contributed by atoms with Gasteiger partial charge in [0.05, 0.1) is 6.61 Å². The highest BCUT2D eigenvalue weighted by atomic mass is 32.1. The first-order valence-corrected chi connectivity index (χ1v) is 8.91. The van der Waals surface area contributed by atoms with Crippen LogP contribution in [0.1, 0.15) is 31.5 Å². The Morgan fingerprint density at radius 2 is 2.10 bits per heavy atom. The van der Waals surface area contributed by atoms with Crippen molar-refractivity contribution >= 4 is 16.7 Å². The molecule has 2 aliphatic heterocycles. The second-order valence-corrected chi connectivity index (χ2v) is 6.93. The summed E-state index contributed by atoms with van der Waals surface area (Å²) in [5.74, 6) is 1.73. The Labute approximate surface area is 131 Å². The van der Waals surface area contributed by atoms with Gasteiger partial charge in [0.25, 0.3) is 0 Å². The number of methoxy groups -OCH3 is 1. The van der Waals surface area contributed by atoms with Gasteiger partial charge in [-0.25, -0.2) is 4.98 Å². The van der Waals surface area contributed by atoms with E-state index in [2.05, 4.69) is 19.2 Å². The van der Waals surface area contributed by atoms with Crippen LogP contribution in [0, 0.1) is 5.92 Å². The zero-order chi connectivity index (χ0) is 14.5. The Morgan fingerprint density at radius 1 is 1.24 bits per heavy atom. The topological polar surface area (TPSA) is 41.5 Å². The SMILES string of the molecule is COCCc1nsc(N2CCC(CN3CCCCC3)C2)n1. The lowest BCUT2D eigenvalue weighted by atomic mass is 10.1. The number of ether oxygens (including phenoxy) is 1. The zero-order valence-electron chi connectivity index (χ0n) is 13.0. The van der Waals surface area contributed by atoms with Crippen LogP contribution in [0.15, 0.2) is 0 Å². The van der Waals surface area contributed by atoms with E-state index in [1.165, 1.54) is 45.3 Å². The van der Waals surface area contributed by atoms with Crippen molar-refractivity contribution in [1.82, 2.24) is 14.3 Å². The number of likely N-dealkylation sites (tertiary alicyclic amines) is 1. The molecule has 118 valence electrons. The minimum absolute atomic E-state index is 0.702.